The molecule has 84 valence electrons. The number of aliphatic hydroxyl groups is 1. The highest BCUT2D eigenvalue weighted by atomic mass is 16.5. The minimum atomic E-state index is -0.869. The Morgan fingerprint density at radius 3 is 2.57 bits per heavy atom. The summed E-state index contributed by atoms with van der Waals surface area (Å²) >= 11 is 0. The van der Waals surface area contributed by atoms with Gasteiger partial charge in [-0.05, 0) is 12.8 Å². The lowest BCUT2D eigenvalue weighted by atomic mass is 10.1. The van der Waals surface area contributed by atoms with E-state index < -0.39 is 12.0 Å². The number of carboxylic acid groups (broad SMARTS) is 1. The van der Waals surface area contributed by atoms with Crippen LogP contribution in [0.1, 0.15) is 19.8 Å². The van der Waals surface area contributed by atoms with Gasteiger partial charge < -0.3 is 14.9 Å². The SMILES string of the molecule is CCC(NC(CCO)COC)C(=O)O. The van der Waals surface area contributed by atoms with E-state index in [1.54, 1.807) is 14.0 Å². The van der Waals surface area contributed by atoms with Gasteiger partial charge >= 0.3 is 5.97 Å². The molecule has 14 heavy (non-hydrogen) atoms. The number of carbonyl (C=O) groups is 1. The molecule has 0 radical (unpaired) electrons. The van der Waals surface area contributed by atoms with Crippen molar-refractivity contribution in [2.24, 2.45) is 0 Å². The molecular formula is C9H19NO4. The van der Waals surface area contributed by atoms with Crippen molar-refractivity contribution in [1.82, 2.24) is 5.32 Å². The zero-order valence-electron chi connectivity index (χ0n) is 8.69. The predicted molar refractivity (Wildman–Crippen MR) is 52.2 cm³/mol. The molecular weight excluding hydrogens is 186 g/mol. The summed E-state index contributed by atoms with van der Waals surface area (Å²) in [7, 11) is 1.55. The van der Waals surface area contributed by atoms with Crippen LogP contribution in [0.2, 0.25) is 0 Å². The summed E-state index contributed by atoms with van der Waals surface area (Å²) in [6, 6.07) is -0.673. The molecule has 0 heterocycles. The lowest BCUT2D eigenvalue weighted by molar-refractivity contribution is -0.139. The molecule has 0 bridgehead atoms. The van der Waals surface area contributed by atoms with E-state index in [-0.39, 0.29) is 12.6 Å². The lowest BCUT2D eigenvalue weighted by Gasteiger charge is -2.21. The first kappa shape index (κ1) is 13.4. The number of hydrogen-bond acceptors (Lipinski definition) is 4. The Morgan fingerprint density at radius 1 is 1.57 bits per heavy atom. The van der Waals surface area contributed by atoms with Gasteiger partial charge in [-0.15, -0.1) is 0 Å². The van der Waals surface area contributed by atoms with Gasteiger partial charge in [-0.1, -0.05) is 6.92 Å². The van der Waals surface area contributed by atoms with Crippen molar-refractivity contribution in [2.45, 2.75) is 31.8 Å². The maximum Gasteiger partial charge on any atom is 0.320 e. The van der Waals surface area contributed by atoms with Crippen LogP contribution in [0.3, 0.4) is 0 Å². The Bertz CT molecular complexity index is 157. The van der Waals surface area contributed by atoms with E-state index >= 15 is 0 Å². The van der Waals surface area contributed by atoms with Gasteiger partial charge in [0.05, 0.1) is 6.61 Å². The van der Waals surface area contributed by atoms with Crippen LogP contribution >= 0.6 is 0 Å². The molecule has 5 nitrogen and oxygen atoms in total. The molecule has 3 N–H and O–H groups in total. The first-order chi connectivity index (χ1) is 6.65. The standard InChI is InChI=1S/C9H19NO4/c1-3-8(9(12)13)10-7(4-5-11)6-14-2/h7-8,10-11H,3-6H2,1-2H3,(H,12,13). The van der Waals surface area contributed by atoms with Crippen LogP contribution in [0.15, 0.2) is 0 Å². The number of aliphatic carboxylic acids is 1. The highest BCUT2D eigenvalue weighted by molar-refractivity contribution is 5.73. The van der Waals surface area contributed by atoms with Gasteiger partial charge in [0.25, 0.3) is 0 Å². The maximum absolute atomic E-state index is 10.7. The van der Waals surface area contributed by atoms with Gasteiger partial charge in [-0.2, -0.15) is 0 Å². The van der Waals surface area contributed by atoms with Gasteiger partial charge in [0.2, 0.25) is 0 Å². The predicted octanol–water partition coefficient (Wildman–Crippen LogP) is -0.163. The van der Waals surface area contributed by atoms with Crippen molar-refractivity contribution in [2.75, 3.05) is 20.3 Å². The third-order valence-corrected chi connectivity index (χ3v) is 1.99. The fourth-order valence-corrected chi connectivity index (χ4v) is 1.22. The molecule has 0 aliphatic heterocycles. The molecule has 0 spiro atoms. The van der Waals surface area contributed by atoms with Crippen LogP contribution < -0.4 is 5.32 Å². The number of rotatable bonds is 8. The first-order valence-electron chi connectivity index (χ1n) is 4.74. The van der Waals surface area contributed by atoms with Crippen LogP contribution in [0.5, 0.6) is 0 Å². The average molecular weight is 205 g/mol. The number of carboxylic acids is 1. The fraction of sp³-hybridized carbons (Fsp3) is 0.889. The second-order valence-corrected chi connectivity index (χ2v) is 3.13. The van der Waals surface area contributed by atoms with E-state index in [0.29, 0.717) is 19.4 Å². The van der Waals surface area contributed by atoms with Crippen LogP contribution in [-0.2, 0) is 9.53 Å². The Balaban J connectivity index is 4.03. The number of nitrogens with one attached hydrogen (secondary N) is 1. The van der Waals surface area contributed by atoms with Crippen molar-refractivity contribution in [3.63, 3.8) is 0 Å². The summed E-state index contributed by atoms with van der Waals surface area (Å²) in [6.07, 6.45) is 1.01. The highest BCUT2D eigenvalue weighted by Crippen LogP contribution is 1.98. The molecule has 0 rings (SSSR count). The molecule has 0 amide bonds. The normalized spacial score (nSPS) is 15.1. The Kier molecular flexibility index (Phi) is 7.37. The molecule has 0 aromatic rings. The van der Waals surface area contributed by atoms with Crippen LogP contribution in [-0.4, -0.2) is 48.6 Å². The minimum absolute atomic E-state index is 0.0249. The quantitative estimate of drug-likeness (QED) is 0.513. The van der Waals surface area contributed by atoms with E-state index in [1.807, 2.05) is 0 Å². The van der Waals surface area contributed by atoms with Crippen molar-refractivity contribution in [1.29, 1.82) is 0 Å². The zero-order chi connectivity index (χ0) is 11.0. The van der Waals surface area contributed by atoms with Crippen LogP contribution in [0, 0.1) is 0 Å². The van der Waals surface area contributed by atoms with Crippen molar-refractivity contribution >= 4 is 5.97 Å². The Morgan fingerprint density at radius 2 is 2.21 bits per heavy atom. The molecule has 0 aliphatic rings. The largest absolute Gasteiger partial charge is 0.480 e. The number of ether oxygens (including phenoxy) is 1. The van der Waals surface area contributed by atoms with Gasteiger partial charge in [-0.3, -0.25) is 10.1 Å². The number of hydrogen-bond donors (Lipinski definition) is 3. The van der Waals surface area contributed by atoms with Gasteiger partial charge in [0.15, 0.2) is 0 Å². The van der Waals surface area contributed by atoms with E-state index in [9.17, 15) is 4.79 Å². The smallest absolute Gasteiger partial charge is 0.320 e. The number of methoxy groups -OCH3 is 1. The van der Waals surface area contributed by atoms with Crippen molar-refractivity contribution < 1.29 is 19.7 Å². The molecule has 0 aromatic carbocycles. The monoisotopic (exact) mass is 205 g/mol. The highest BCUT2D eigenvalue weighted by Gasteiger charge is 2.19. The second kappa shape index (κ2) is 7.73. The third kappa shape index (κ3) is 5.16. The fourth-order valence-electron chi connectivity index (χ4n) is 1.22. The van der Waals surface area contributed by atoms with Crippen LogP contribution in [0.25, 0.3) is 0 Å². The Hall–Kier alpha value is -0.650. The van der Waals surface area contributed by atoms with Crippen molar-refractivity contribution in [3.05, 3.63) is 0 Å². The molecule has 0 aromatic heterocycles. The van der Waals surface area contributed by atoms with Gasteiger partial charge in [-0.25, -0.2) is 0 Å². The first-order valence-corrected chi connectivity index (χ1v) is 4.74. The minimum Gasteiger partial charge on any atom is -0.480 e. The van der Waals surface area contributed by atoms with Crippen LogP contribution in [0.4, 0.5) is 0 Å². The Labute approximate surface area is 84.1 Å². The summed E-state index contributed by atoms with van der Waals surface area (Å²) in [5.41, 5.74) is 0. The summed E-state index contributed by atoms with van der Waals surface area (Å²) in [4.78, 5) is 10.7. The molecule has 0 fully saturated rings. The number of aliphatic hydroxyl groups excluding tert-OH is 1. The molecule has 2 unspecified atom stereocenters. The molecule has 0 aliphatic carbocycles. The zero-order valence-corrected chi connectivity index (χ0v) is 8.69. The molecule has 2 atom stereocenters. The topological polar surface area (TPSA) is 78.8 Å². The van der Waals surface area contributed by atoms with E-state index in [2.05, 4.69) is 5.32 Å². The molecule has 0 saturated heterocycles. The summed E-state index contributed by atoms with van der Waals surface area (Å²) in [5.74, 6) is -0.869. The summed E-state index contributed by atoms with van der Waals surface area (Å²) < 4.78 is 4.92. The maximum atomic E-state index is 10.7. The van der Waals surface area contributed by atoms with Gasteiger partial charge in [0, 0.05) is 19.8 Å². The second-order valence-electron chi connectivity index (χ2n) is 3.13. The van der Waals surface area contributed by atoms with E-state index in [1.165, 1.54) is 0 Å². The average Bonchev–Trinajstić information content (AvgIpc) is 2.14. The van der Waals surface area contributed by atoms with E-state index in [0.717, 1.165) is 0 Å². The summed E-state index contributed by atoms with van der Waals surface area (Å²) in [6.45, 7) is 2.23. The van der Waals surface area contributed by atoms with Gasteiger partial charge in [0.1, 0.15) is 6.04 Å². The third-order valence-electron chi connectivity index (χ3n) is 1.99. The van der Waals surface area contributed by atoms with E-state index in [4.69, 9.17) is 14.9 Å². The lowest BCUT2D eigenvalue weighted by Crippen LogP contribution is -2.45. The van der Waals surface area contributed by atoms with Crippen molar-refractivity contribution in [3.8, 4) is 0 Å². The summed E-state index contributed by atoms with van der Waals surface area (Å²) in [5, 5.41) is 20.5. The molecule has 0 saturated carbocycles. The molecule has 5 heteroatoms.